The summed E-state index contributed by atoms with van der Waals surface area (Å²) in [4.78, 5) is 6.80. The summed E-state index contributed by atoms with van der Waals surface area (Å²) in [5.41, 5.74) is 0.485. The zero-order valence-corrected chi connectivity index (χ0v) is 15.1. The molecule has 0 aliphatic carbocycles. The lowest BCUT2D eigenvalue weighted by Gasteiger charge is -2.44. The van der Waals surface area contributed by atoms with Crippen LogP contribution in [0.5, 0.6) is 0 Å². The molecule has 1 spiro atoms. The van der Waals surface area contributed by atoms with Gasteiger partial charge in [-0.25, -0.2) is 0 Å². The highest BCUT2D eigenvalue weighted by atomic mass is 32.1. The first-order valence-electron chi connectivity index (χ1n) is 8.61. The van der Waals surface area contributed by atoms with E-state index in [1.165, 1.54) is 43.9 Å². The molecule has 3 rings (SSSR count). The fourth-order valence-corrected chi connectivity index (χ4v) is 5.12. The van der Waals surface area contributed by atoms with E-state index < -0.39 is 0 Å². The van der Waals surface area contributed by atoms with Crippen molar-refractivity contribution in [1.82, 2.24) is 9.80 Å². The fourth-order valence-electron chi connectivity index (χ4n) is 4.37. The van der Waals surface area contributed by atoms with Gasteiger partial charge in [-0.05, 0) is 56.6 Å². The molecule has 1 atom stereocenters. The second-order valence-corrected chi connectivity index (χ2v) is 8.43. The number of methoxy groups -OCH3 is 1. The SMILES string of the molecule is COCC1CN(Cc2cccs2)CC12CCN(C(C)C)CC2. The minimum absolute atomic E-state index is 0.485. The molecular weight excluding hydrogens is 292 g/mol. The molecule has 1 aromatic heterocycles. The van der Waals surface area contributed by atoms with Crippen LogP contribution in [0.25, 0.3) is 0 Å². The maximum atomic E-state index is 5.57. The summed E-state index contributed by atoms with van der Waals surface area (Å²) in [7, 11) is 1.86. The van der Waals surface area contributed by atoms with E-state index in [0.29, 0.717) is 17.4 Å². The Bertz CT molecular complexity index is 452. The standard InChI is InChI=1S/C18H30N2OS/c1-15(2)20-8-6-18(7-9-20)14-19(11-16(18)13-21-3)12-17-5-4-10-22-17/h4-5,10,15-16H,6-9,11-14H2,1-3H3. The molecule has 2 saturated heterocycles. The van der Waals surface area contributed by atoms with E-state index in [9.17, 15) is 0 Å². The Labute approximate surface area is 139 Å². The highest BCUT2D eigenvalue weighted by molar-refractivity contribution is 7.09. The van der Waals surface area contributed by atoms with Crippen LogP contribution in [0.4, 0.5) is 0 Å². The molecule has 3 nitrogen and oxygen atoms in total. The van der Waals surface area contributed by atoms with Crippen molar-refractivity contribution in [1.29, 1.82) is 0 Å². The van der Waals surface area contributed by atoms with Gasteiger partial charge < -0.3 is 9.64 Å². The van der Waals surface area contributed by atoms with Crippen LogP contribution in [-0.4, -0.2) is 55.7 Å². The average Bonchev–Trinajstić information content (AvgIpc) is 3.10. The van der Waals surface area contributed by atoms with Gasteiger partial charge in [0.25, 0.3) is 0 Å². The van der Waals surface area contributed by atoms with Crippen molar-refractivity contribution >= 4 is 11.3 Å². The third-order valence-corrected chi connectivity index (χ3v) is 6.60. The molecule has 3 heterocycles. The Hall–Kier alpha value is -0.420. The number of likely N-dealkylation sites (tertiary alicyclic amines) is 2. The first-order chi connectivity index (χ1) is 10.6. The number of hydrogen-bond acceptors (Lipinski definition) is 4. The summed E-state index contributed by atoms with van der Waals surface area (Å²) in [6.07, 6.45) is 2.67. The summed E-state index contributed by atoms with van der Waals surface area (Å²) in [6.45, 7) is 11.6. The third kappa shape index (κ3) is 3.40. The zero-order valence-electron chi connectivity index (χ0n) is 14.3. The second-order valence-electron chi connectivity index (χ2n) is 7.39. The minimum atomic E-state index is 0.485. The Morgan fingerprint density at radius 2 is 2.14 bits per heavy atom. The number of piperidine rings is 1. The van der Waals surface area contributed by atoms with E-state index in [1.54, 1.807) is 0 Å². The lowest BCUT2D eigenvalue weighted by atomic mass is 9.71. The molecule has 0 radical (unpaired) electrons. The lowest BCUT2D eigenvalue weighted by Crippen LogP contribution is -2.47. The molecule has 1 aromatic rings. The minimum Gasteiger partial charge on any atom is -0.384 e. The van der Waals surface area contributed by atoms with Gasteiger partial charge in [0.15, 0.2) is 0 Å². The van der Waals surface area contributed by atoms with Gasteiger partial charge in [0.1, 0.15) is 0 Å². The fraction of sp³-hybridized carbons (Fsp3) is 0.778. The van der Waals surface area contributed by atoms with Crippen molar-refractivity contribution in [2.75, 3.05) is 39.9 Å². The molecule has 4 heteroatoms. The molecule has 1 unspecified atom stereocenters. The number of thiophene rings is 1. The van der Waals surface area contributed by atoms with Crippen LogP contribution in [0.1, 0.15) is 31.6 Å². The van der Waals surface area contributed by atoms with E-state index in [0.717, 1.165) is 13.2 Å². The van der Waals surface area contributed by atoms with Crippen LogP contribution in [0, 0.1) is 11.3 Å². The highest BCUT2D eigenvalue weighted by Crippen LogP contribution is 2.45. The monoisotopic (exact) mass is 322 g/mol. The summed E-state index contributed by atoms with van der Waals surface area (Å²) < 4.78 is 5.57. The third-order valence-electron chi connectivity index (χ3n) is 5.73. The quantitative estimate of drug-likeness (QED) is 0.827. The predicted molar refractivity (Wildman–Crippen MR) is 93.3 cm³/mol. The largest absolute Gasteiger partial charge is 0.384 e. The van der Waals surface area contributed by atoms with Crippen molar-refractivity contribution in [3.63, 3.8) is 0 Å². The second kappa shape index (κ2) is 7.00. The maximum absolute atomic E-state index is 5.57. The van der Waals surface area contributed by atoms with Gasteiger partial charge in [-0.3, -0.25) is 4.90 Å². The Morgan fingerprint density at radius 3 is 2.73 bits per heavy atom. The Morgan fingerprint density at radius 1 is 1.36 bits per heavy atom. The van der Waals surface area contributed by atoms with E-state index in [1.807, 2.05) is 18.4 Å². The zero-order chi connectivity index (χ0) is 15.6. The number of ether oxygens (including phenoxy) is 1. The number of nitrogens with zero attached hydrogens (tertiary/aromatic N) is 2. The topological polar surface area (TPSA) is 15.7 Å². The van der Waals surface area contributed by atoms with Gasteiger partial charge in [-0.2, -0.15) is 0 Å². The van der Waals surface area contributed by atoms with Gasteiger partial charge in [0, 0.05) is 43.6 Å². The molecule has 2 aliphatic rings. The average molecular weight is 323 g/mol. The van der Waals surface area contributed by atoms with Crippen molar-refractivity contribution in [2.45, 2.75) is 39.3 Å². The van der Waals surface area contributed by atoms with E-state index >= 15 is 0 Å². The summed E-state index contributed by atoms with van der Waals surface area (Å²) in [5.74, 6) is 0.701. The van der Waals surface area contributed by atoms with Crippen molar-refractivity contribution in [2.24, 2.45) is 11.3 Å². The molecule has 0 aromatic carbocycles. The van der Waals surface area contributed by atoms with Crippen LogP contribution >= 0.6 is 11.3 Å². The van der Waals surface area contributed by atoms with Crippen LogP contribution in [0.3, 0.4) is 0 Å². The van der Waals surface area contributed by atoms with E-state index in [-0.39, 0.29) is 0 Å². The molecule has 22 heavy (non-hydrogen) atoms. The van der Waals surface area contributed by atoms with Crippen LogP contribution in [-0.2, 0) is 11.3 Å². The number of rotatable bonds is 5. The molecular formula is C18H30N2OS. The Balaban J connectivity index is 1.66. The van der Waals surface area contributed by atoms with E-state index in [4.69, 9.17) is 4.74 Å². The summed E-state index contributed by atoms with van der Waals surface area (Å²) in [6, 6.07) is 5.11. The van der Waals surface area contributed by atoms with Gasteiger partial charge in [0.2, 0.25) is 0 Å². The van der Waals surface area contributed by atoms with Crippen molar-refractivity contribution in [3.8, 4) is 0 Å². The number of hydrogen-bond donors (Lipinski definition) is 0. The first kappa shape index (κ1) is 16.4. The summed E-state index contributed by atoms with van der Waals surface area (Å²) in [5, 5.41) is 2.19. The molecule has 0 bridgehead atoms. The molecule has 2 aliphatic heterocycles. The molecule has 0 N–H and O–H groups in total. The summed E-state index contributed by atoms with van der Waals surface area (Å²) >= 11 is 1.88. The van der Waals surface area contributed by atoms with Gasteiger partial charge in [-0.15, -0.1) is 11.3 Å². The van der Waals surface area contributed by atoms with Gasteiger partial charge in [0.05, 0.1) is 6.61 Å². The smallest absolute Gasteiger partial charge is 0.0508 e. The molecule has 124 valence electrons. The first-order valence-corrected chi connectivity index (χ1v) is 9.49. The normalized spacial score (nSPS) is 26.3. The highest BCUT2D eigenvalue weighted by Gasteiger charge is 2.47. The van der Waals surface area contributed by atoms with Gasteiger partial charge >= 0.3 is 0 Å². The molecule has 0 amide bonds. The maximum Gasteiger partial charge on any atom is 0.0508 e. The molecule has 2 fully saturated rings. The molecule has 0 saturated carbocycles. The lowest BCUT2D eigenvalue weighted by molar-refractivity contribution is 0.0281. The van der Waals surface area contributed by atoms with Gasteiger partial charge in [-0.1, -0.05) is 6.07 Å². The van der Waals surface area contributed by atoms with Crippen molar-refractivity contribution in [3.05, 3.63) is 22.4 Å². The Kier molecular flexibility index (Phi) is 5.23. The predicted octanol–water partition coefficient (Wildman–Crippen LogP) is 3.32. The van der Waals surface area contributed by atoms with Crippen LogP contribution in [0.15, 0.2) is 17.5 Å². The van der Waals surface area contributed by atoms with Crippen LogP contribution < -0.4 is 0 Å². The van der Waals surface area contributed by atoms with E-state index in [2.05, 4.69) is 41.2 Å². The van der Waals surface area contributed by atoms with Crippen LogP contribution in [0.2, 0.25) is 0 Å². The van der Waals surface area contributed by atoms with Crippen molar-refractivity contribution < 1.29 is 4.74 Å².